The molecule has 0 amide bonds. The summed E-state index contributed by atoms with van der Waals surface area (Å²) >= 11 is 5.90. The van der Waals surface area contributed by atoms with Crippen molar-refractivity contribution in [1.29, 1.82) is 0 Å². The maximum absolute atomic E-state index is 12.7. The number of halogens is 1. The quantitative estimate of drug-likeness (QED) is 0.815. The lowest BCUT2D eigenvalue weighted by molar-refractivity contribution is 0.0811. The number of aromatic hydroxyl groups is 1. The third-order valence-electron chi connectivity index (χ3n) is 4.69. The molecule has 0 aliphatic carbocycles. The molecule has 0 unspecified atom stereocenters. The molecule has 0 spiro atoms. The molecular weight excluding hydrogens is 338 g/mol. The molecular formula is C20H22ClNO3. The Labute approximate surface area is 153 Å². The first kappa shape index (κ1) is 17.8. The van der Waals surface area contributed by atoms with E-state index in [0.29, 0.717) is 23.7 Å². The average Bonchev–Trinajstić information content (AvgIpc) is 2.64. The monoisotopic (exact) mass is 359 g/mol. The van der Waals surface area contributed by atoms with Crippen LogP contribution in [0.5, 0.6) is 11.5 Å². The number of methoxy groups -OCH3 is 1. The second-order valence-electron chi connectivity index (χ2n) is 6.44. The van der Waals surface area contributed by atoms with E-state index in [2.05, 4.69) is 4.90 Å². The van der Waals surface area contributed by atoms with Crippen molar-refractivity contribution in [3.05, 3.63) is 58.6 Å². The van der Waals surface area contributed by atoms with E-state index in [1.165, 1.54) is 0 Å². The van der Waals surface area contributed by atoms with E-state index in [9.17, 15) is 9.90 Å². The summed E-state index contributed by atoms with van der Waals surface area (Å²) in [6, 6.07) is 12.3. The van der Waals surface area contributed by atoms with Crippen molar-refractivity contribution in [2.45, 2.75) is 19.4 Å². The first-order valence-electron chi connectivity index (χ1n) is 8.45. The molecule has 1 N–H and O–H groups in total. The smallest absolute Gasteiger partial charge is 0.167 e. The number of hydrogen-bond donors (Lipinski definition) is 1. The highest BCUT2D eigenvalue weighted by molar-refractivity contribution is 6.30. The van der Waals surface area contributed by atoms with Gasteiger partial charge in [0, 0.05) is 35.2 Å². The molecule has 0 radical (unpaired) electrons. The van der Waals surface area contributed by atoms with Crippen LogP contribution in [0, 0.1) is 5.92 Å². The number of ether oxygens (including phenoxy) is 1. The summed E-state index contributed by atoms with van der Waals surface area (Å²) in [6.07, 6.45) is 1.86. The van der Waals surface area contributed by atoms with Crippen LogP contribution in [0.4, 0.5) is 0 Å². The molecule has 2 aromatic carbocycles. The lowest BCUT2D eigenvalue weighted by atomic mass is 9.90. The summed E-state index contributed by atoms with van der Waals surface area (Å²) in [7, 11) is 1.61. The topological polar surface area (TPSA) is 49.8 Å². The molecule has 0 aromatic heterocycles. The van der Waals surface area contributed by atoms with Crippen molar-refractivity contribution in [2.75, 3.05) is 20.2 Å². The largest absolute Gasteiger partial charge is 0.508 e. The highest BCUT2D eigenvalue weighted by atomic mass is 35.5. The predicted octanol–water partition coefficient (Wildman–Crippen LogP) is 4.15. The standard InChI is InChI=1S/C20H22ClNO3/c1-25-18-8-9-19(23)16(11-18)13-22-10-2-3-15(12-22)20(24)14-4-6-17(21)7-5-14/h4-9,11,15,23H,2-3,10,12-13H2,1H3/t15-/m0/s1. The van der Waals surface area contributed by atoms with E-state index in [4.69, 9.17) is 16.3 Å². The van der Waals surface area contributed by atoms with E-state index < -0.39 is 0 Å². The maximum Gasteiger partial charge on any atom is 0.167 e. The van der Waals surface area contributed by atoms with Gasteiger partial charge < -0.3 is 9.84 Å². The average molecular weight is 360 g/mol. The van der Waals surface area contributed by atoms with Gasteiger partial charge in [-0.05, 0) is 61.9 Å². The summed E-state index contributed by atoms with van der Waals surface area (Å²) in [5, 5.41) is 10.7. The summed E-state index contributed by atoms with van der Waals surface area (Å²) in [6.45, 7) is 2.21. The molecule has 0 saturated carbocycles. The first-order valence-corrected chi connectivity index (χ1v) is 8.82. The minimum absolute atomic E-state index is 0.0253. The van der Waals surface area contributed by atoms with Gasteiger partial charge in [0.2, 0.25) is 0 Å². The fourth-order valence-corrected chi connectivity index (χ4v) is 3.45. The molecule has 0 bridgehead atoms. The molecule has 1 aliphatic heterocycles. The van der Waals surface area contributed by atoms with Gasteiger partial charge in [-0.1, -0.05) is 11.6 Å². The van der Waals surface area contributed by atoms with Crippen LogP contribution in [0.15, 0.2) is 42.5 Å². The third-order valence-corrected chi connectivity index (χ3v) is 4.94. The van der Waals surface area contributed by atoms with Gasteiger partial charge in [-0.3, -0.25) is 9.69 Å². The Morgan fingerprint density at radius 3 is 2.76 bits per heavy atom. The predicted molar refractivity (Wildman–Crippen MR) is 98.4 cm³/mol. The molecule has 2 aromatic rings. The number of nitrogens with zero attached hydrogens (tertiary/aromatic N) is 1. The Balaban J connectivity index is 1.69. The third kappa shape index (κ3) is 4.33. The van der Waals surface area contributed by atoms with Gasteiger partial charge in [0.1, 0.15) is 11.5 Å². The fraction of sp³-hybridized carbons (Fsp3) is 0.350. The van der Waals surface area contributed by atoms with Crippen molar-refractivity contribution in [3.63, 3.8) is 0 Å². The molecule has 1 heterocycles. The van der Waals surface area contributed by atoms with Gasteiger partial charge in [0.05, 0.1) is 7.11 Å². The Hall–Kier alpha value is -2.04. The van der Waals surface area contributed by atoms with Crippen LogP contribution in [-0.4, -0.2) is 36.0 Å². The van der Waals surface area contributed by atoms with Crippen LogP contribution in [-0.2, 0) is 6.54 Å². The lowest BCUT2D eigenvalue weighted by Gasteiger charge is -2.32. The fourth-order valence-electron chi connectivity index (χ4n) is 3.32. The number of likely N-dealkylation sites (tertiary alicyclic amines) is 1. The Kier molecular flexibility index (Phi) is 5.61. The zero-order chi connectivity index (χ0) is 17.8. The molecule has 1 saturated heterocycles. The second kappa shape index (κ2) is 7.89. The van der Waals surface area contributed by atoms with Crippen molar-refractivity contribution in [3.8, 4) is 11.5 Å². The maximum atomic E-state index is 12.7. The Morgan fingerprint density at radius 2 is 2.04 bits per heavy atom. The van der Waals surface area contributed by atoms with Crippen molar-refractivity contribution in [1.82, 2.24) is 4.90 Å². The van der Waals surface area contributed by atoms with Crippen LogP contribution in [0.1, 0.15) is 28.8 Å². The van der Waals surface area contributed by atoms with Gasteiger partial charge in [-0.15, -0.1) is 0 Å². The number of carbonyl (C=O) groups excluding carboxylic acids is 1. The number of Topliss-reactive ketones (excluding diaryl/α,β-unsaturated/α-hetero) is 1. The number of phenols is 1. The van der Waals surface area contributed by atoms with Crippen molar-refractivity contribution < 1.29 is 14.6 Å². The Bertz CT molecular complexity index is 745. The summed E-state index contributed by atoms with van der Waals surface area (Å²) in [4.78, 5) is 15.0. The minimum Gasteiger partial charge on any atom is -0.508 e. The number of hydrogen-bond acceptors (Lipinski definition) is 4. The summed E-state index contributed by atoms with van der Waals surface area (Å²) < 4.78 is 5.23. The number of benzene rings is 2. The highest BCUT2D eigenvalue weighted by Crippen LogP contribution is 2.27. The number of ketones is 1. The lowest BCUT2D eigenvalue weighted by Crippen LogP contribution is -2.38. The van der Waals surface area contributed by atoms with E-state index in [0.717, 1.165) is 30.7 Å². The van der Waals surface area contributed by atoms with Gasteiger partial charge in [-0.25, -0.2) is 0 Å². The highest BCUT2D eigenvalue weighted by Gasteiger charge is 2.27. The number of piperidine rings is 1. The van der Waals surface area contributed by atoms with Crippen LogP contribution in [0.3, 0.4) is 0 Å². The molecule has 5 heteroatoms. The summed E-state index contributed by atoms with van der Waals surface area (Å²) in [5.41, 5.74) is 1.53. The van der Waals surface area contributed by atoms with Crippen LogP contribution in [0.25, 0.3) is 0 Å². The molecule has 3 rings (SSSR count). The normalized spacial score (nSPS) is 18.1. The van der Waals surface area contributed by atoms with Crippen molar-refractivity contribution in [2.24, 2.45) is 5.92 Å². The molecule has 4 nitrogen and oxygen atoms in total. The van der Waals surface area contributed by atoms with Crippen LogP contribution < -0.4 is 4.74 Å². The first-order chi connectivity index (χ1) is 12.1. The van der Waals surface area contributed by atoms with Gasteiger partial charge >= 0.3 is 0 Å². The number of phenolic OH excluding ortho intramolecular Hbond substituents is 1. The molecule has 1 atom stereocenters. The molecule has 132 valence electrons. The van der Waals surface area contributed by atoms with Gasteiger partial charge in [0.25, 0.3) is 0 Å². The molecule has 25 heavy (non-hydrogen) atoms. The summed E-state index contributed by atoms with van der Waals surface area (Å²) in [5.74, 6) is 1.12. The van der Waals surface area contributed by atoms with Crippen molar-refractivity contribution >= 4 is 17.4 Å². The van der Waals surface area contributed by atoms with E-state index in [-0.39, 0.29) is 17.5 Å². The van der Waals surface area contributed by atoms with E-state index >= 15 is 0 Å². The SMILES string of the molecule is COc1ccc(O)c(CN2CCC[C@H](C(=O)c3ccc(Cl)cc3)C2)c1. The Morgan fingerprint density at radius 1 is 1.28 bits per heavy atom. The van der Waals surface area contributed by atoms with E-state index in [1.807, 2.05) is 6.07 Å². The van der Waals surface area contributed by atoms with Gasteiger partial charge in [-0.2, -0.15) is 0 Å². The van der Waals surface area contributed by atoms with Gasteiger partial charge in [0.15, 0.2) is 5.78 Å². The van der Waals surface area contributed by atoms with E-state index in [1.54, 1.807) is 43.5 Å². The minimum atomic E-state index is -0.0253. The van der Waals surface area contributed by atoms with Crippen LogP contribution in [0.2, 0.25) is 5.02 Å². The molecule has 1 aliphatic rings. The second-order valence-corrected chi connectivity index (χ2v) is 6.88. The zero-order valence-corrected chi connectivity index (χ0v) is 15.0. The molecule has 1 fully saturated rings. The number of carbonyl (C=O) groups is 1. The van der Waals surface area contributed by atoms with Crippen LogP contribution >= 0.6 is 11.6 Å². The number of rotatable bonds is 5. The zero-order valence-electron chi connectivity index (χ0n) is 14.2.